The van der Waals surface area contributed by atoms with Gasteiger partial charge >= 0.3 is 0 Å². The predicted molar refractivity (Wildman–Crippen MR) is 121 cm³/mol. The molecule has 1 aromatic carbocycles. The van der Waals surface area contributed by atoms with E-state index in [2.05, 4.69) is 17.6 Å². The number of nitrogens with one attached hydrogen (secondary N) is 2. The number of benzene rings is 1. The lowest BCUT2D eigenvalue weighted by Crippen LogP contribution is -2.65. The third-order valence-corrected chi connectivity index (χ3v) is 6.70. The molecule has 7 nitrogen and oxygen atoms in total. The lowest BCUT2D eigenvalue weighted by atomic mass is 9.93. The average Bonchev–Trinajstić information content (AvgIpc) is 3.34. The zero-order valence-corrected chi connectivity index (χ0v) is 18.7. The number of carbonyl (C=O) groups is 3. The molecule has 0 spiro atoms. The highest BCUT2D eigenvalue weighted by Gasteiger charge is 2.49. The van der Waals surface area contributed by atoms with Crippen molar-refractivity contribution in [1.29, 1.82) is 0 Å². The zero-order chi connectivity index (χ0) is 22.2. The third kappa shape index (κ3) is 3.70. The molecule has 2 aromatic rings. The molecule has 0 saturated heterocycles. The third-order valence-electron chi connectivity index (χ3n) is 6.70. The van der Waals surface area contributed by atoms with Gasteiger partial charge in [0.1, 0.15) is 11.2 Å². The molecule has 1 aliphatic heterocycles. The molecule has 0 unspecified atom stereocenters. The number of amides is 3. The van der Waals surface area contributed by atoms with Gasteiger partial charge in [-0.3, -0.25) is 14.4 Å². The van der Waals surface area contributed by atoms with E-state index < -0.39 is 5.54 Å². The second-order valence-electron chi connectivity index (χ2n) is 9.05. The molecular weight excluding hydrogens is 392 g/mol. The Morgan fingerprint density at radius 3 is 2.58 bits per heavy atom. The van der Waals surface area contributed by atoms with Crippen molar-refractivity contribution in [3.63, 3.8) is 0 Å². The summed E-state index contributed by atoms with van der Waals surface area (Å²) in [6.07, 6.45) is 5.99. The van der Waals surface area contributed by atoms with Crippen LogP contribution in [-0.2, 0) is 16.1 Å². The van der Waals surface area contributed by atoms with Crippen LogP contribution < -0.4 is 10.6 Å². The molecule has 0 bridgehead atoms. The standard InChI is InChI=1S/C24H32N4O3/c1-4-5-14-28-22(30)21-20(25-16(2)29)18-12-8-9-13-19(18)27(21)15-24(28,3)23(31)26-17-10-6-7-11-17/h8-9,12-13,17H,4-7,10-11,14-15H2,1-3H3,(H,25,29)(H,26,31)/t24-/m0/s1. The number of hydrogen-bond acceptors (Lipinski definition) is 3. The maximum absolute atomic E-state index is 13.8. The highest BCUT2D eigenvalue weighted by Crippen LogP contribution is 2.39. The molecule has 2 heterocycles. The van der Waals surface area contributed by atoms with Crippen LogP contribution in [0, 0.1) is 0 Å². The van der Waals surface area contributed by atoms with Gasteiger partial charge in [0.25, 0.3) is 5.91 Å². The van der Waals surface area contributed by atoms with Gasteiger partial charge in [0.15, 0.2) is 0 Å². The lowest BCUT2D eigenvalue weighted by molar-refractivity contribution is -0.133. The van der Waals surface area contributed by atoms with Gasteiger partial charge in [0.2, 0.25) is 11.8 Å². The van der Waals surface area contributed by atoms with E-state index in [0.29, 0.717) is 24.5 Å². The molecule has 1 fully saturated rings. The SMILES string of the molecule is CCCCN1C(=O)c2c(NC(C)=O)c3ccccc3n2C[C@@]1(C)C(=O)NC1CCCC1. The first-order chi connectivity index (χ1) is 14.9. The lowest BCUT2D eigenvalue weighted by Gasteiger charge is -2.44. The minimum Gasteiger partial charge on any atom is -0.351 e. The minimum atomic E-state index is -0.989. The van der Waals surface area contributed by atoms with Gasteiger partial charge in [0.05, 0.1) is 17.7 Å². The molecule has 2 N–H and O–H groups in total. The van der Waals surface area contributed by atoms with Gasteiger partial charge in [-0.25, -0.2) is 0 Å². The summed E-state index contributed by atoms with van der Waals surface area (Å²) in [6.45, 7) is 6.26. The largest absolute Gasteiger partial charge is 0.351 e. The molecule has 1 aromatic heterocycles. The number of anilines is 1. The van der Waals surface area contributed by atoms with E-state index in [1.165, 1.54) is 6.92 Å². The van der Waals surface area contributed by atoms with Crippen molar-refractivity contribution in [2.75, 3.05) is 11.9 Å². The highest BCUT2D eigenvalue weighted by molar-refractivity contribution is 6.14. The van der Waals surface area contributed by atoms with Crippen molar-refractivity contribution in [3.05, 3.63) is 30.0 Å². The topological polar surface area (TPSA) is 83.4 Å². The monoisotopic (exact) mass is 424 g/mol. The van der Waals surface area contributed by atoms with E-state index in [4.69, 9.17) is 0 Å². The van der Waals surface area contributed by atoms with Crippen LogP contribution >= 0.6 is 0 Å². The summed E-state index contributed by atoms with van der Waals surface area (Å²) in [5.74, 6) is -0.517. The van der Waals surface area contributed by atoms with Crippen LogP contribution in [0.15, 0.2) is 24.3 Å². The number of aromatic nitrogens is 1. The average molecular weight is 425 g/mol. The fourth-order valence-corrected chi connectivity index (χ4v) is 5.01. The molecule has 31 heavy (non-hydrogen) atoms. The van der Waals surface area contributed by atoms with Crippen molar-refractivity contribution < 1.29 is 14.4 Å². The number of hydrogen-bond donors (Lipinski definition) is 2. The Morgan fingerprint density at radius 1 is 1.19 bits per heavy atom. The van der Waals surface area contributed by atoms with Gasteiger partial charge in [-0.2, -0.15) is 0 Å². The molecule has 0 radical (unpaired) electrons. The Labute approximate surface area is 183 Å². The first-order valence-corrected chi connectivity index (χ1v) is 11.4. The Bertz CT molecular complexity index is 1020. The summed E-state index contributed by atoms with van der Waals surface area (Å²) in [5.41, 5.74) is 0.855. The van der Waals surface area contributed by atoms with Gasteiger partial charge in [-0.05, 0) is 32.3 Å². The van der Waals surface area contributed by atoms with Gasteiger partial charge in [0, 0.05) is 24.9 Å². The smallest absolute Gasteiger partial charge is 0.273 e. The number of carbonyl (C=O) groups excluding carboxylic acids is 3. The van der Waals surface area contributed by atoms with Crippen molar-refractivity contribution >= 4 is 34.3 Å². The molecule has 7 heteroatoms. The van der Waals surface area contributed by atoms with Crippen molar-refractivity contribution in [1.82, 2.24) is 14.8 Å². The van der Waals surface area contributed by atoms with Gasteiger partial charge in [-0.1, -0.05) is 44.4 Å². The van der Waals surface area contributed by atoms with Crippen LogP contribution in [0.4, 0.5) is 5.69 Å². The molecule has 4 rings (SSSR count). The zero-order valence-electron chi connectivity index (χ0n) is 18.7. The summed E-state index contributed by atoms with van der Waals surface area (Å²) in [4.78, 5) is 41.0. The molecule has 3 amide bonds. The van der Waals surface area contributed by atoms with Crippen LogP contribution in [0.25, 0.3) is 10.9 Å². The summed E-state index contributed by atoms with van der Waals surface area (Å²) in [7, 11) is 0. The molecular formula is C24H32N4O3. The summed E-state index contributed by atoms with van der Waals surface area (Å²) >= 11 is 0. The second-order valence-corrected chi connectivity index (χ2v) is 9.05. The molecule has 166 valence electrons. The van der Waals surface area contributed by atoms with Crippen LogP contribution in [0.3, 0.4) is 0 Å². The number of unbranched alkanes of at least 4 members (excludes halogenated alkanes) is 1. The van der Waals surface area contributed by atoms with Crippen LogP contribution in [-0.4, -0.2) is 45.3 Å². The number of nitrogens with zero attached hydrogens (tertiary/aromatic N) is 2. The van der Waals surface area contributed by atoms with Gasteiger partial charge in [-0.15, -0.1) is 0 Å². The maximum Gasteiger partial charge on any atom is 0.273 e. The van der Waals surface area contributed by atoms with E-state index in [1.807, 2.05) is 35.8 Å². The first kappa shape index (κ1) is 21.4. The molecule has 1 saturated carbocycles. The fourth-order valence-electron chi connectivity index (χ4n) is 5.01. The Kier molecular flexibility index (Phi) is 5.77. The van der Waals surface area contributed by atoms with Crippen LogP contribution in [0.1, 0.15) is 69.8 Å². The summed E-state index contributed by atoms with van der Waals surface area (Å²) < 4.78 is 1.92. The van der Waals surface area contributed by atoms with E-state index in [9.17, 15) is 14.4 Å². The predicted octanol–water partition coefficient (Wildman–Crippen LogP) is 3.67. The summed E-state index contributed by atoms with van der Waals surface area (Å²) in [6, 6.07) is 7.84. The molecule has 1 aliphatic carbocycles. The molecule has 1 atom stereocenters. The Morgan fingerprint density at radius 2 is 1.90 bits per heavy atom. The van der Waals surface area contributed by atoms with Crippen molar-refractivity contribution in [2.24, 2.45) is 0 Å². The Hall–Kier alpha value is -2.83. The fraction of sp³-hybridized carbons (Fsp3) is 0.542. The first-order valence-electron chi connectivity index (χ1n) is 11.4. The van der Waals surface area contributed by atoms with E-state index in [-0.39, 0.29) is 23.8 Å². The van der Waals surface area contributed by atoms with E-state index >= 15 is 0 Å². The Balaban J connectivity index is 1.82. The number of rotatable bonds is 6. The normalized spacial score (nSPS) is 21.4. The number of fused-ring (bicyclic) bond motifs is 3. The minimum absolute atomic E-state index is 0.0895. The van der Waals surface area contributed by atoms with Gasteiger partial charge < -0.3 is 20.1 Å². The van der Waals surface area contributed by atoms with E-state index in [0.717, 1.165) is 49.4 Å². The number of para-hydroxylation sites is 1. The van der Waals surface area contributed by atoms with Crippen molar-refractivity contribution in [3.8, 4) is 0 Å². The van der Waals surface area contributed by atoms with Crippen molar-refractivity contribution in [2.45, 2.75) is 77.4 Å². The van der Waals surface area contributed by atoms with E-state index in [1.54, 1.807) is 4.90 Å². The summed E-state index contributed by atoms with van der Waals surface area (Å²) in [5, 5.41) is 6.91. The van der Waals surface area contributed by atoms with Crippen LogP contribution in [0.5, 0.6) is 0 Å². The maximum atomic E-state index is 13.8. The second kappa shape index (κ2) is 8.36. The van der Waals surface area contributed by atoms with Crippen LogP contribution in [0.2, 0.25) is 0 Å². The molecule has 2 aliphatic rings. The quantitative estimate of drug-likeness (QED) is 0.742. The highest BCUT2D eigenvalue weighted by atomic mass is 16.2.